The largest absolute Gasteiger partial charge is 0.493 e. The molecule has 1 aromatic rings. The smallest absolute Gasteiger partial charge is 0.220 e. The third-order valence-corrected chi connectivity index (χ3v) is 4.66. The zero-order valence-corrected chi connectivity index (χ0v) is 15.2. The summed E-state index contributed by atoms with van der Waals surface area (Å²) in [4.78, 5) is 12.1. The molecule has 5 nitrogen and oxygen atoms in total. The summed E-state index contributed by atoms with van der Waals surface area (Å²) in [7, 11) is 3.27. The molecule has 1 heterocycles. The van der Waals surface area contributed by atoms with Crippen LogP contribution < -0.4 is 14.8 Å². The molecule has 0 bridgehead atoms. The lowest BCUT2D eigenvalue weighted by atomic mass is 9.74. The second-order valence-corrected chi connectivity index (χ2v) is 6.84. The van der Waals surface area contributed by atoms with Crippen molar-refractivity contribution in [3.8, 4) is 11.5 Å². The van der Waals surface area contributed by atoms with Gasteiger partial charge in [-0.2, -0.15) is 0 Å². The fourth-order valence-electron chi connectivity index (χ4n) is 3.21. The van der Waals surface area contributed by atoms with Gasteiger partial charge in [0.05, 0.1) is 14.2 Å². The highest BCUT2D eigenvalue weighted by atomic mass is 16.5. The first-order valence-corrected chi connectivity index (χ1v) is 8.57. The minimum absolute atomic E-state index is 0.108. The Hall–Kier alpha value is -1.75. The summed E-state index contributed by atoms with van der Waals surface area (Å²) < 4.78 is 16.3. The summed E-state index contributed by atoms with van der Waals surface area (Å²) in [6.45, 7) is 6.14. The van der Waals surface area contributed by atoms with Gasteiger partial charge in [0.25, 0.3) is 0 Å². The first kappa shape index (κ1) is 18.6. The molecule has 1 amide bonds. The molecule has 1 aliphatic rings. The molecule has 134 valence electrons. The molecule has 1 aliphatic heterocycles. The Bertz CT molecular complexity index is 550. The molecule has 1 aromatic carbocycles. The van der Waals surface area contributed by atoms with Gasteiger partial charge in [-0.1, -0.05) is 19.9 Å². The number of rotatable bonds is 7. The van der Waals surface area contributed by atoms with Crippen molar-refractivity contribution in [2.24, 2.45) is 5.92 Å². The van der Waals surface area contributed by atoms with Gasteiger partial charge in [-0.3, -0.25) is 4.79 Å². The van der Waals surface area contributed by atoms with Crippen LogP contribution in [0.2, 0.25) is 0 Å². The van der Waals surface area contributed by atoms with Gasteiger partial charge in [0.2, 0.25) is 5.91 Å². The number of methoxy groups -OCH3 is 2. The molecule has 0 spiro atoms. The predicted octanol–water partition coefficient (Wildman–Crippen LogP) is 2.91. The third-order valence-electron chi connectivity index (χ3n) is 4.66. The molecule has 1 saturated heterocycles. The van der Waals surface area contributed by atoms with E-state index >= 15 is 0 Å². The summed E-state index contributed by atoms with van der Waals surface area (Å²) in [5.74, 6) is 1.90. The molecular weight excluding hydrogens is 306 g/mol. The molecule has 1 fully saturated rings. The number of nitrogens with one attached hydrogen (secondary N) is 1. The maximum absolute atomic E-state index is 12.1. The quantitative estimate of drug-likeness (QED) is 0.832. The molecule has 0 radical (unpaired) electrons. The predicted molar refractivity (Wildman–Crippen MR) is 93.7 cm³/mol. The normalized spacial score (nSPS) is 16.7. The van der Waals surface area contributed by atoms with E-state index in [9.17, 15) is 4.79 Å². The SMILES string of the molecule is COc1ccc(C2(CNC(=O)CC(C)C)CCOCC2)cc1OC. The lowest BCUT2D eigenvalue weighted by molar-refractivity contribution is -0.122. The van der Waals surface area contributed by atoms with Gasteiger partial charge in [-0.05, 0) is 36.5 Å². The van der Waals surface area contributed by atoms with Gasteiger partial charge >= 0.3 is 0 Å². The van der Waals surface area contributed by atoms with Crippen LogP contribution in [0.1, 0.15) is 38.7 Å². The van der Waals surface area contributed by atoms with Gasteiger partial charge < -0.3 is 19.5 Å². The molecule has 0 unspecified atom stereocenters. The number of amides is 1. The number of carbonyl (C=O) groups is 1. The van der Waals surface area contributed by atoms with E-state index in [2.05, 4.69) is 25.2 Å². The highest BCUT2D eigenvalue weighted by molar-refractivity contribution is 5.76. The maximum Gasteiger partial charge on any atom is 0.220 e. The van der Waals surface area contributed by atoms with Crippen LogP contribution in [-0.4, -0.2) is 39.9 Å². The zero-order chi connectivity index (χ0) is 17.6. The molecule has 24 heavy (non-hydrogen) atoms. The molecule has 2 rings (SSSR count). The Morgan fingerprint density at radius 2 is 1.88 bits per heavy atom. The Balaban J connectivity index is 2.22. The minimum Gasteiger partial charge on any atom is -0.493 e. The average Bonchev–Trinajstić information content (AvgIpc) is 2.59. The third kappa shape index (κ3) is 4.41. The van der Waals surface area contributed by atoms with Crippen molar-refractivity contribution in [1.82, 2.24) is 5.32 Å². The minimum atomic E-state index is -0.121. The van der Waals surface area contributed by atoms with Crippen molar-refractivity contribution < 1.29 is 19.0 Å². The molecule has 0 aliphatic carbocycles. The standard InChI is InChI=1S/C19H29NO4/c1-14(2)11-18(21)20-13-19(7-9-24-10-8-19)15-5-6-16(22-3)17(12-15)23-4/h5-6,12,14H,7-11,13H2,1-4H3,(H,20,21). The van der Waals surface area contributed by atoms with E-state index in [1.165, 1.54) is 0 Å². The van der Waals surface area contributed by atoms with E-state index in [4.69, 9.17) is 14.2 Å². The van der Waals surface area contributed by atoms with Crippen LogP contribution in [0.4, 0.5) is 0 Å². The van der Waals surface area contributed by atoms with Crippen molar-refractivity contribution in [3.63, 3.8) is 0 Å². The topological polar surface area (TPSA) is 56.8 Å². The summed E-state index contributed by atoms with van der Waals surface area (Å²) in [6.07, 6.45) is 2.31. The van der Waals surface area contributed by atoms with Crippen molar-refractivity contribution in [3.05, 3.63) is 23.8 Å². The van der Waals surface area contributed by atoms with E-state index in [0.717, 1.165) is 24.2 Å². The van der Waals surface area contributed by atoms with Crippen LogP contribution in [0.15, 0.2) is 18.2 Å². The van der Waals surface area contributed by atoms with Crippen LogP contribution >= 0.6 is 0 Å². The molecule has 0 saturated carbocycles. The Labute approximate surface area is 144 Å². The van der Waals surface area contributed by atoms with Crippen LogP contribution in [0.5, 0.6) is 11.5 Å². The van der Waals surface area contributed by atoms with E-state index in [1.54, 1.807) is 14.2 Å². The van der Waals surface area contributed by atoms with Crippen LogP contribution in [0.25, 0.3) is 0 Å². The van der Waals surface area contributed by atoms with Gasteiger partial charge in [0, 0.05) is 31.6 Å². The van der Waals surface area contributed by atoms with Crippen LogP contribution in [-0.2, 0) is 14.9 Å². The highest BCUT2D eigenvalue weighted by Crippen LogP contribution is 2.38. The van der Waals surface area contributed by atoms with Gasteiger partial charge in [0.1, 0.15) is 0 Å². The van der Waals surface area contributed by atoms with Crippen molar-refractivity contribution in [2.45, 2.75) is 38.5 Å². The fraction of sp³-hybridized carbons (Fsp3) is 0.632. The monoisotopic (exact) mass is 335 g/mol. The van der Waals surface area contributed by atoms with Gasteiger partial charge in [0.15, 0.2) is 11.5 Å². The van der Waals surface area contributed by atoms with E-state index < -0.39 is 0 Å². The van der Waals surface area contributed by atoms with Gasteiger partial charge in [-0.15, -0.1) is 0 Å². The first-order valence-electron chi connectivity index (χ1n) is 8.57. The fourth-order valence-corrected chi connectivity index (χ4v) is 3.21. The summed E-state index contributed by atoms with van der Waals surface area (Å²) in [5.41, 5.74) is 1.04. The molecule has 5 heteroatoms. The first-order chi connectivity index (χ1) is 11.5. The lowest BCUT2D eigenvalue weighted by Gasteiger charge is -2.38. The number of hydrogen-bond acceptors (Lipinski definition) is 4. The van der Waals surface area contributed by atoms with Crippen LogP contribution in [0, 0.1) is 5.92 Å². The van der Waals surface area contributed by atoms with Crippen molar-refractivity contribution in [2.75, 3.05) is 34.0 Å². The summed E-state index contributed by atoms with van der Waals surface area (Å²) in [6, 6.07) is 6.03. The Kier molecular flexibility index (Phi) is 6.49. The second kappa shape index (κ2) is 8.38. The Morgan fingerprint density at radius 1 is 1.21 bits per heavy atom. The Morgan fingerprint density at radius 3 is 2.46 bits per heavy atom. The molecule has 0 aromatic heterocycles. The lowest BCUT2D eigenvalue weighted by Crippen LogP contribution is -2.44. The molecule has 1 N–H and O–H groups in total. The zero-order valence-electron chi connectivity index (χ0n) is 15.2. The summed E-state index contributed by atoms with van der Waals surface area (Å²) >= 11 is 0. The number of carbonyl (C=O) groups excluding carboxylic acids is 1. The summed E-state index contributed by atoms with van der Waals surface area (Å²) in [5, 5.41) is 3.12. The molecular formula is C19H29NO4. The average molecular weight is 335 g/mol. The number of ether oxygens (including phenoxy) is 3. The van der Waals surface area contributed by atoms with Gasteiger partial charge in [-0.25, -0.2) is 0 Å². The van der Waals surface area contributed by atoms with E-state index in [0.29, 0.717) is 37.8 Å². The second-order valence-electron chi connectivity index (χ2n) is 6.84. The van der Waals surface area contributed by atoms with Crippen LogP contribution in [0.3, 0.4) is 0 Å². The number of benzene rings is 1. The van der Waals surface area contributed by atoms with E-state index in [1.807, 2.05) is 12.1 Å². The van der Waals surface area contributed by atoms with Crippen molar-refractivity contribution in [1.29, 1.82) is 0 Å². The maximum atomic E-state index is 12.1. The van der Waals surface area contributed by atoms with E-state index in [-0.39, 0.29) is 11.3 Å². The van der Waals surface area contributed by atoms with Crippen molar-refractivity contribution >= 4 is 5.91 Å². The highest BCUT2D eigenvalue weighted by Gasteiger charge is 2.35. The number of hydrogen-bond donors (Lipinski definition) is 1. The molecule has 0 atom stereocenters.